The molecule has 0 bridgehead atoms. The van der Waals surface area contributed by atoms with Gasteiger partial charge >= 0.3 is 0 Å². The highest BCUT2D eigenvalue weighted by atomic mass is 32.1. The average Bonchev–Trinajstić information content (AvgIpc) is 3.43. The minimum Gasteiger partial charge on any atom is -0.349 e. The van der Waals surface area contributed by atoms with Crippen LogP contribution in [-0.4, -0.2) is 17.9 Å². The molecule has 0 aromatic carbocycles. The zero-order chi connectivity index (χ0) is 17.0. The van der Waals surface area contributed by atoms with Crippen LogP contribution in [0.2, 0.25) is 0 Å². The first-order chi connectivity index (χ1) is 12.2. The SMILES string of the molecule is O=C(C=C(C1CC1)C1CC1)Nc1sc2c(c1C(=O)NC1CC1)CCC2. The zero-order valence-electron chi connectivity index (χ0n) is 14.4. The topological polar surface area (TPSA) is 58.2 Å². The molecule has 1 heterocycles. The minimum atomic E-state index is -0.0470. The monoisotopic (exact) mass is 356 g/mol. The van der Waals surface area contributed by atoms with E-state index < -0.39 is 0 Å². The third-order valence-corrected chi connectivity index (χ3v) is 6.90. The van der Waals surface area contributed by atoms with Gasteiger partial charge < -0.3 is 10.6 Å². The Bertz CT molecular complexity index is 753. The maximum atomic E-state index is 12.7. The molecule has 25 heavy (non-hydrogen) atoms. The van der Waals surface area contributed by atoms with Crippen molar-refractivity contribution in [2.45, 2.75) is 63.8 Å². The Morgan fingerprint density at radius 1 is 1.00 bits per heavy atom. The molecule has 0 spiro atoms. The van der Waals surface area contributed by atoms with Crippen molar-refractivity contribution < 1.29 is 9.59 Å². The van der Waals surface area contributed by atoms with Crippen LogP contribution >= 0.6 is 11.3 Å². The number of hydrogen-bond acceptors (Lipinski definition) is 3. The van der Waals surface area contributed by atoms with Crippen molar-refractivity contribution in [2.24, 2.45) is 11.8 Å². The summed E-state index contributed by atoms with van der Waals surface area (Å²) < 4.78 is 0. The van der Waals surface area contributed by atoms with Gasteiger partial charge in [-0.05, 0) is 75.2 Å². The molecular formula is C20H24N2O2S. The number of amides is 2. The minimum absolute atomic E-state index is 0.00536. The molecule has 3 saturated carbocycles. The van der Waals surface area contributed by atoms with E-state index in [-0.39, 0.29) is 11.8 Å². The van der Waals surface area contributed by atoms with E-state index in [0.29, 0.717) is 17.9 Å². The highest BCUT2D eigenvalue weighted by molar-refractivity contribution is 7.17. The molecule has 2 N–H and O–H groups in total. The number of carbonyl (C=O) groups excluding carboxylic acids is 2. The van der Waals surface area contributed by atoms with Crippen molar-refractivity contribution in [3.05, 3.63) is 27.7 Å². The first-order valence-electron chi connectivity index (χ1n) is 9.67. The summed E-state index contributed by atoms with van der Waals surface area (Å²) in [6, 6.07) is 0.337. The number of rotatable bonds is 6. The summed E-state index contributed by atoms with van der Waals surface area (Å²) in [5.41, 5.74) is 3.27. The van der Waals surface area contributed by atoms with E-state index in [2.05, 4.69) is 10.6 Å². The summed E-state index contributed by atoms with van der Waals surface area (Å²) in [7, 11) is 0. The van der Waals surface area contributed by atoms with Crippen LogP contribution in [0, 0.1) is 11.8 Å². The predicted octanol–water partition coefficient (Wildman–Crippen LogP) is 3.81. The quantitative estimate of drug-likeness (QED) is 0.762. The fourth-order valence-electron chi connectivity index (χ4n) is 3.92. The van der Waals surface area contributed by atoms with Crippen molar-refractivity contribution >= 4 is 28.2 Å². The summed E-state index contributed by atoms with van der Waals surface area (Å²) >= 11 is 1.61. The van der Waals surface area contributed by atoms with Gasteiger partial charge in [-0.2, -0.15) is 0 Å². The summed E-state index contributed by atoms with van der Waals surface area (Å²) in [5.74, 6) is 1.24. The average molecular weight is 356 g/mol. The molecular weight excluding hydrogens is 332 g/mol. The lowest BCUT2D eigenvalue weighted by atomic mass is 10.1. The number of carbonyl (C=O) groups is 2. The van der Waals surface area contributed by atoms with Gasteiger partial charge in [-0.3, -0.25) is 9.59 Å². The number of fused-ring (bicyclic) bond motifs is 1. The van der Waals surface area contributed by atoms with Crippen LogP contribution in [0.1, 0.15) is 65.7 Å². The van der Waals surface area contributed by atoms with Gasteiger partial charge in [-0.15, -0.1) is 11.3 Å². The molecule has 5 heteroatoms. The number of aryl methyl sites for hydroxylation is 1. The molecule has 1 aromatic heterocycles. The first-order valence-corrected chi connectivity index (χ1v) is 10.5. The van der Waals surface area contributed by atoms with E-state index in [1.807, 2.05) is 6.08 Å². The van der Waals surface area contributed by atoms with E-state index >= 15 is 0 Å². The molecule has 0 atom stereocenters. The molecule has 132 valence electrons. The third-order valence-electron chi connectivity index (χ3n) is 5.69. The number of allylic oxidation sites excluding steroid dienone is 1. The molecule has 2 amide bonds. The molecule has 0 radical (unpaired) electrons. The predicted molar refractivity (Wildman–Crippen MR) is 99.0 cm³/mol. The van der Waals surface area contributed by atoms with E-state index in [1.165, 1.54) is 41.7 Å². The number of thiophene rings is 1. The number of anilines is 1. The highest BCUT2D eigenvalue weighted by Gasteiger charge is 2.37. The zero-order valence-corrected chi connectivity index (χ0v) is 15.2. The Morgan fingerprint density at radius 2 is 1.72 bits per heavy atom. The van der Waals surface area contributed by atoms with Crippen molar-refractivity contribution in [3.63, 3.8) is 0 Å². The molecule has 4 nitrogen and oxygen atoms in total. The summed E-state index contributed by atoms with van der Waals surface area (Å²) in [6.07, 6.45) is 12.0. The van der Waals surface area contributed by atoms with Gasteiger partial charge in [0.1, 0.15) is 5.00 Å². The van der Waals surface area contributed by atoms with Gasteiger partial charge in [0.15, 0.2) is 0 Å². The van der Waals surface area contributed by atoms with E-state index in [1.54, 1.807) is 11.3 Å². The van der Waals surface area contributed by atoms with Crippen molar-refractivity contribution in [1.82, 2.24) is 5.32 Å². The van der Waals surface area contributed by atoms with Gasteiger partial charge in [0.05, 0.1) is 5.56 Å². The molecule has 4 aliphatic rings. The Morgan fingerprint density at radius 3 is 2.36 bits per heavy atom. The van der Waals surface area contributed by atoms with Crippen LogP contribution < -0.4 is 10.6 Å². The fraction of sp³-hybridized carbons (Fsp3) is 0.600. The van der Waals surface area contributed by atoms with Crippen molar-refractivity contribution in [3.8, 4) is 0 Å². The highest BCUT2D eigenvalue weighted by Crippen LogP contribution is 2.48. The summed E-state index contributed by atoms with van der Waals surface area (Å²) in [6.45, 7) is 0. The first kappa shape index (κ1) is 15.6. The normalized spacial score (nSPS) is 21.6. The third kappa shape index (κ3) is 3.26. The molecule has 0 unspecified atom stereocenters. The molecule has 3 fully saturated rings. The molecule has 1 aromatic rings. The standard InChI is InChI=1S/C20H24N2O2S/c23-17(10-15(11-4-5-11)12-6-7-12)22-20-18(19(24)21-13-8-9-13)14-2-1-3-16(14)25-20/h10-13H,1-9H2,(H,21,24)(H,22,23). The van der Waals surface area contributed by atoms with E-state index in [9.17, 15) is 9.59 Å². The van der Waals surface area contributed by atoms with Gasteiger partial charge in [-0.25, -0.2) is 0 Å². The van der Waals surface area contributed by atoms with Gasteiger partial charge in [0, 0.05) is 17.0 Å². The second kappa shape index (κ2) is 5.97. The second-order valence-electron chi connectivity index (χ2n) is 7.99. The lowest BCUT2D eigenvalue weighted by molar-refractivity contribution is -0.112. The fourth-order valence-corrected chi connectivity index (χ4v) is 5.21. The van der Waals surface area contributed by atoms with Crippen LogP contribution in [0.3, 0.4) is 0 Å². The second-order valence-corrected chi connectivity index (χ2v) is 9.10. The largest absolute Gasteiger partial charge is 0.349 e. The lowest BCUT2D eigenvalue weighted by Gasteiger charge is -2.09. The maximum absolute atomic E-state index is 12.7. The van der Waals surface area contributed by atoms with Crippen molar-refractivity contribution in [1.29, 1.82) is 0 Å². The van der Waals surface area contributed by atoms with Gasteiger partial charge in [0.2, 0.25) is 5.91 Å². The van der Waals surface area contributed by atoms with Gasteiger partial charge in [-0.1, -0.05) is 5.57 Å². The Balaban J connectivity index is 1.38. The lowest BCUT2D eigenvalue weighted by Crippen LogP contribution is -2.27. The Labute approximate surface area is 152 Å². The smallest absolute Gasteiger partial charge is 0.254 e. The van der Waals surface area contributed by atoms with Gasteiger partial charge in [0.25, 0.3) is 5.91 Å². The summed E-state index contributed by atoms with van der Waals surface area (Å²) in [5, 5.41) is 6.91. The van der Waals surface area contributed by atoms with Crippen LogP contribution in [-0.2, 0) is 17.6 Å². The van der Waals surface area contributed by atoms with Crippen LogP contribution in [0.15, 0.2) is 11.6 Å². The van der Waals surface area contributed by atoms with Crippen LogP contribution in [0.4, 0.5) is 5.00 Å². The number of nitrogens with one attached hydrogen (secondary N) is 2. The molecule has 5 rings (SSSR count). The molecule has 4 aliphatic carbocycles. The summed E-state index contributed by atoms with van der Waals surface area (Å²) in [4.78, 5) is 26.6. The Hall–Kier alpha value is -1.62. The van der Waals surface area contributed by atoms with Crippen LogP contribution in [0.25, 0.3) is 0 Å². The van der Waals surface area contributed by atoms with E-state index in [0.717, 1.165) is 42.7 Å². The Kier molecular flexibility index (Phi) is 3.73. The maximum Gasteiger partial charge on any atom is 0.254 e. The molecule has 0 aliphatic heterocycles. The van der Waals surface area contributed by atoms with E-state index in [4.69, 9.17) is 0 Å². The number of hydrogen-bond donors (Lipinski definition) is 2. The van der Waals surface area contributed by atoms with Crippen LogP contribution in [0.5, 0.6) is 0 Å². The van der Waals surface area contributed by atoms with Crippen molar-refractivity contribution in [2.75, 3.05) is 5.32 Å². The molecule has 0 saturated heterocycles.